The molecule has 0 unspecified atom stereocenters. The fraction of sp³-hybridized carbons (Fsp3) is 0.524. The monoisotopic (exact) mass is 501 g/mol. The Hall–Kier alpha value is -0.134. The molecule has 0 saturated heterocycles. The number of hydrogen-bond acceptors (Lipinski definition) is 4. The van der Waals surface area contributed by atoms with E-state index < -0.39 is 22.5 Å². The number of nitrogens with one attached hydrogen (secondary N) is 1. The zero-order valence-corrected chi connectivity index (χ0v) is 23.9. The Kier molecular flexibility index (Phi) is 23.4. The van der Waals surface area contributed by atoms with E-state index in [1.165, 1.54) is 31.4 Å². The summed E-state index contributed by atoms with van der Waals surface area (Å²) in [5.41, 5.74) is 0.566. The molecular weight excluding hydrogens is 470 g/mol. The second kappa shape index (κ2) is 20.5. The van der Waals surface area contributed by atoms with Gasteiger partial charge in [-0.25, -0.2) is 23.6 Å². The molecule has 172 valence electrons. The molecular formula is C21H32ClFKN2O4S-. The number of carboxylic acids is 1. The van der Waals surface area contributed by atoms with E-state index >= 15 is 0 Å². The van der Waals surface area contributed by atoms with Gasteiger partial charge in [-0.3, -0.25) is 9.78 Å². The molecule has 0 aliphatic rings. The fourth-order valence-corrected chi connectivity index (χ4v) is 2.55. The molecule has 1 rings (SSSR count). The Morgan fingerprint density at radius 2 is 1.97 bits per heavy atom. The van der Waals surface area contributed by atoms with Crippen molar-refractivity contribution in [1.82, 2.24) is 9.71 Å². The molecule has 0 bridgehead atoms. The summed E-state index contributed by atoms with van der Waals surface area (Å²) in [4.78, 5) is 13.4. The maximum Gasteiger partial charge on any atom is 1.00 e. The summed E-state index contributed by atoms with van der Waals surface area (Å²) in [6.45, 7) is 11.4. The van der Waals surface area contributed by atoms with Crippen molar-refractivity contribution in [1.29, 1.82) is 0 Å². The number of carboxylic acid groups (broad SMARTS) is 1. The standard InChI is InChI=1S/C11H20Cl.C7H5FN.C3H7NO4S.K/c1-5-7-11(8-10(4)12)9(3)6-2;1-2-7-4-3-6(8)5-9-7;1-9(7,8)4-2-3(5)6;/h9,11H,5-7H2,1-4H3;3-5H,1H2;4H,2H2,1H3,(H,5,6);/q2*-1;;+1/t9-,11-;;;/m0.../s1. The van der Waals surface area contributed by atoms with Gasteiger partial charge in [0.25, 0.3) is 0 Å². The molecule has 1 aromatic rings. The van der Waals surface area contributed by atoms with E-state index in [1.807, 2.05) is 6.92 Å². The van der Waals surface area contributed by atoms with Crippen molar-refractivity contribution in [2.45, 2.75) is 47.0 Å². The minimum Gasteiger partial charge on any atom is -0.480 e. The first kappa shape index (κ1) is 35.5. The van der Waals surface area contributed by atoms with Crippen LogP contribution in [0.15, 0.2) is 29.9 Å². The van der Waals surface area contributed by atoms with Gasteiger partial charge in [0.15, 0.2) is 0 Å². The van der Waals surface area contributed by atoms with Crippen LogP contribution >= 0.6 is 11.6 Å². The quantitative estimate of drug-likeness (QED) is 0.395. The van der Waals surface area contributed by atoms with Crippen molar-refractivity contribution >= 4 is 27.6 Å². The Balaban J connectivity index is -0.000000378. The van der Waals surface area contributed by atoms with Gasteiger partial charge in [-0.2, -0.15) is 23.6 Å². The summed E-state index contributed by atoms with van der Waals surface area (Å²) in [6, 6.07) is 2.84. The molecule has 0 saturated carbocycles. The zero-order valence-electron chi connectivity index (χ0n) is 19.2. The van der Waals surface area contributed by atoms with E-state index in [0.29, 0.717) is 17.5 Å². The molecule has 1 aromatic heterocycles. The molecule has 6 nitrogen and oxygen atoms in total. The summed E-state index contributed by atoms with van der Waals surface area (Å²) in [5, 5.41) is 8.76. The molecule has 2 atom stereocenters. The Labute approximate surface area is 234 Å². The predicted octanol–water partition coefficient (Wildman–Crippen LogP) is 1.58. The zero-order chi connectivity index (χ0) is 23.7. The molecule has 1 heterocycles. The van der Waals surface area contributed by atoms with Crippen LogP contribution in [0.5, 0.6) is 0 Å². The van der Waals surface area contributed by atoms with E-state index in [1.54, 1.807) is 4.72 Å². The van der Waals surface area contributed by atoms with Crippen LogP contribution < -0.4 is 56.1 Å². The van der Waals surface area contributed by atoms with Crippen LogP contribution in [-0.2, 0) is 14.8 Å². The number of allylic oxidation sites excluding steroid dienone is 2. The van der Waals surface area contributed by atoms with Crippen molar-refractivity contribution in [3.05, 3.63) is 53.6 Å². The molecule has 0 aromatic carbocycles. The third-order valence-corrected chi connectivity index (χ3v) is 4.49. The average molecular weight is 502 g/mol. The van der Waals surface area contributed by atoms with E-state index in [0.717, 1.165) is 17.5 Å². The van der Waals surface area contributed by atoms with Gasteiger partial charge in [-0.05, 0) is 0 Å². The summed E-state index contributed by atoms with van der Waals surface area (Å²) in [5.74, 6) is -0.273. The molecule has 31 heavy (non-hydrogen) atoms. The van der Waals surface area contributed by atoms with Gasteiger partial charge in [-0.15, -0.1) is 23.4 Å². The molecule has 0 amide bonds. The topological polar surface area (TPSA) is 96.4 Å². The van der Waals surface area contributed by atoms with Crippen molar-refractivity contribution in [2.24, 2.45) is 11.8 Å². The number of rotatable bonds is 9. The average Bonchev–Trinajstić information content (AvgIpc) is 2.66. The molecule has 0 spiro atoms. The Morgan fingerprint density at radius 1 is 1.39 bits per heavy atom. The van der Waals surface area contributed by atoms with E-state index in [-0.39, 0.29) is 57.2 Å². The van der Waals surface area contributed by atoms with Crippen LogP contribution in [0.25, 0.3) is 0 Å². The molecule has 0 fully saturated rings. The molecule has 2 N–H and O–H groups in total. The SMILES string of the molecule is C=[C-]c1ccc(F)cn1.CCC[C@@H]([C-]=C(C)Cl)[C@@H](C)CC.CS(=O)(=O)NCC(=O)O.[K+]. The predicted molar refractivity (Wildman–Crippen MR) is 119 cm³/mol. The molecule has 0 radical (unpaired) electrons. The van der Waals surface area contributed by atoms with Gasteiger partial charge in [0, 0.05) is 0 Å². The van der Waals surface area contributed by atoms with Crippen molar-refractivity contribution in [2.75, 3.05) is 12.8 Å². The van der Waals surface area contributed by atoms with E-state index in [4.69, 9.17) is 16.7 Å². The van der Waals surface area contributed by atoms with Crippen molar-refractivity contribution in [3.63, 3.8) is 0 Å². The second-order valence-corrected chi connectivity index (χ2v) is 8.88. The van der Waals surface area contributed by atoms with Crippen LogP contribution in [0.4, 0.5) is 4.39 Å². The first-order valence-electron chi connectivity index (χ1n) is 9.42. The van der Waals surface area contributed by atoms with E-state index in [9.17, 15) is 17.6 Å². The third-order valence-electron chi connectivity index (χ3n) is 3.71. The minimum absolute atomic E-state index is 0. The first-order valence-corrected chi connectivity index (χ1v) is 11.7. The normalized spacial score (nSPS) is 12.7. The van der Waals surface area contributed by atoms with Gasteiger partial charge in [0.05, 0.1) is 12.5 Å². The van der Waals surface area contributed by atoms with Crippen molar-refractivity contribution < 1.29 is 74.1 Å². The summed E-state index contributed by atoms with van der Waals surface area (Å²) in [7, 11) is -3.35. The molecule has 0 aliphatic carbocycles. The summed E-state index contributed by atoms with van der Waals surface area (Å²) >= 11 is 5.81. The fourth-order valence-electron chi connectivity index (χ4n) is 2.02. The number of nitrogens with zero attached hydrogens (tertiary/aromatic N) is 1. The Morgan fingerprint density at radius 3 is 2.26 bits per heavy atom. The number of pyridine rings is 1. The van der Waals surface area contributed by atoms with Gasteiger partial charge in [0.2, 0.25) is 10.0 Å². The second-order valence-electron chi connectivity index (χ2n) is 6.48. The minimum atomic E-state index is -3.35. The van der Waals surface area contributed by atoms with Crippen LogP contribution in [0, 0.1) is 29.8 Å². The number of hydrogen-bond donors (Lipinski definition) is 2. The van der Waals surface area contributed by atoms with Gasteiger partial charge in [0.1, 0.15) is 12.4 Å². The number of aromatic nitrogens is 1. The van der Waals surface area contributed by atoms with E-state index in [2.05, 4.69) is 44.5 Å². The number of carbonyl (C=O) groups is 1. The van der Waals surface area contributed by atoms with Gasteiger partial charge >= 0.3 is 57.4 Å². The maximum atomic E-state index is 12.1. The summed E-state index contributed by atoms with van der Waals surface area (Å²) in [6.07, 6.45) is 11.5. The van der Waals surface area contributed by atoms with Crippen LogP contribution in [0.3, 0.4) is 0 Å². The molecule has 10 heteroatoms. The van der Waals surface area contributed by atoms with Crippen LogP contribution in [0.2, 0.25) is 0 Å². The first-order chi connectivity index (χ1) is 13.9. The summed E-state index contributed by atoms with van der Waals surface area (Å²) < 4.78 is 34.2. The number of sulfonamides is 1. The van der Waals surface area contributed by atoms with Gasteiger partial charge in [-0.1, -0.05) is 52.9 Å². The smallest absolute Gasteiger partial charge is 0.480 e. The third kappa shape index (κ3) is 24.3. The Bertz CT molecular complexity index is 755. The largest absolute Gasteiger partial charge is 1.00 e. The number of aliphatic carboxylic acids is 1. The molecule has 0 aliphatic heterocycles. The van der Waals surface area contributed by atoms with Crippen molar-refractivity contribution in [3.8, 4) is 0 Å². The maximum absolute atomic E-state index is 12.1. The van der Waals surface area contributed by atoms with Gasteiger partial charge < -0.3 is 11.2 Å². The number of halogens is 2. The van der Waals surface area contributed by atoms with Crippen LogP contribution in [-0.4, -0.2) is 37.3 Å². The van der Waals surface area contributed by atoms with Crippen LogP contribution in [0.1, 0.15) is 52.7 Å².